The largest absolute Gasteiger partial charge is 0.481 e. The molecule has 1 rings (SSSR count). The molecule has 5 nitrogen and oxygen atoms in total. The normalized spacial score (nSPS) is 17.2. The molecule has 0 saturated heterocycles. The number of nitrogens with one attached hydrogen (secondary N) is 1. The smallest absolute Gasteiger partial charge is 0.317 e. The molecule has 1 fully saturated rings. The zero-order valence-electron chi connectivity index (χ0n) is 12.9. The maximum Gasteiger partial charge on any atom is 0.317 e. The quantitative estimate of drug-likeness (QED) is 0.755. The van der Waals surface area contributed by atoms with Crippen molar-refractivity contribution in [1.29, 1.82) is 0 Å². The van der Waals surface area contributed by atoms with Crippen molar-refractivity contribution < 1.29 is 14.7 Å². The number of amides is 2. The van der Waals surface area contributed by atoms with Gasteiger partial charge in [-0.1, -0.05) is 12.8 Å². The number of urea groups is 1. The first kappa shape index (κ1) is 16.8. The van der Waals surface area contributed by atoms with Gasteiger partial charge in [-0.15, -0.1) is 0 Å². The molecule has 1 aliphatic rings. The van der Waals surface area contributed by atoms with E-state index in [-0.39, 0.29) is 24.5 Å². The summed E-state index contributed by atoms with van der Waals surface area (Å²) >= 11 is 0. The van der Waals surface area contributed by atoms with Crippen LogP contribution in [0.3, 0.4) is 0 Å². The molecule has 0 aliphatic heterocycles. The number of hydrogen-bond acceptors (Lipinski definition) is 2. The van der Waals surface area contributed by atoms with Gasteiger partial charge in [0.15, 0.2) is 0 Å². The molecule has 0 bridgehead atoms. The minimum absolute atomic E-state index is 0.0650. The Hall–Kier alpha value is -1.26. The van der Waals surface area contributed by atoms with E-state index < -0.39 is 5.97 Å². The molecule has 5 heteroatoms. The molecule has 0 aromatic carbocycles. The fourth-order valence-corrected chi connectivity index (χ4v) is 2.85. The second kappa shape index (κ2) is 8.12. The highest BCUT2D eigenvalue weighted by Gasteiger charge is 2.25. The van der Waals surface area contributed by atoms with Gasteiger partial charge in [-0.05, 0) is 46.0 Å². The monoisotopic (exact) mass is 284 g/mol. The molecule has 2 amide bonds. The second-order valence-corrected chi connectivity index (χ2v) is 6.07. The molecule has 116 valence electrons. The van der Waals surface area contributed by atoms with Crippen molar-refractivity contribution in [1.82, 2.24) is 10.2 Å². The highest BCUT2D eigenvalue weighted by atomic mass is 16.4. The lowest BCUT2D eigenvalue weighted by Gasteiger charge is -2.30. The molecule has 0 radical (unpaired) electrons. The minimum Gasteiger partial charge on any atom is -0.481 e. The third-order valence-corrected chi connectivity index (χ3v) is 4.13. The molecule has 0 spiro atoms. The van der Waals surface area contributed by atoms with Crippen LogP contribution in [0.2, 0.25) is 0 Å². The Morgan fingerprint density at radius 3 is 2.35 bits per heavy atom. The Morgan fingerprint density at radius 1 is 1.25 bits per heavy atom. The van der Waals surface area contributed by atoms with E-state index in [1.807, 2.05) is 13.8 Å². The second-order valence-electron chi connectivity index (χ2n) is 6.07. The van der Waals surface area contributed by atoms with E-state index in [4.69, 9.17) is 5.11 Å². The predicted molar refractivity (Wildman–Crippen MR) is 78.7 cm³/mol. The van der Waals surface area contributed by atoms with Crippen LogP contribution in [0.5, 0.6) is 0 Å². The fourth-order valence-electron chi connectivity index (χ4n) is 2.85. The van der Waals surface area contributed by atoms with Crippen LogP contribution < -0.4 is 5.32 Å². The summed E-state index contributed by atoms with van der Waals surface area (Å²) in [4.78, 5) is 24.6. The number of carboxylic acid groups (broad SMARTS) is 1. The Labute approximate surface area is 121 Å². The lowest BCUT2D eigenvalue weighted by atomic mass is 10.00. The summed E-state index contributed by atoms with van der Waals surface area (Å²) in [7, 11) is 0. The molecule has 1 atom stereocenters. The van der Waals surface area contributed by atoms with Crippen molar-refractivity contribution in [3.63, 3.8) is 0 Å². The van der Waals surface area contributed by atoms with Crippen LogP contribution >= 0.6 is 0 Å². The van der Waals surface area contributed by atoms with Crippen LogP contribution in [0.4, 0.5) is 4.79 Å². The van der Waals surface area contributed by atoms with E-state index in [9.17, 15) is 9.59 Å². The van der Waals surface area contributed by atoms with Crippen LogP contribution in [-0.2, 0) is 4.79 Å². The molecule has 0 aromatic rings. The molecule has 2 N–H and O–H groups in total. The van der Waals surface area contributed by atoms with Crippen LogP contribution in [0, 0.1) is 5.92 Å². The van der Waals surface area contributed by atoms with Crippen molar-refractivity contribution in [2.45, 2.75) is 71.4 Å². The molecule has 1 unspecified atom stereocenters. The van der Waals surface area contributed by atoms with Crippen molar-refractivity contribution in [2.24, 2.45) is 5.92 Å². The van der Waals surface area contributed by atoms with E-state index in [0.29, 0.717) is 18.9 Å². The van der Waals surface area contributed by atoms with Gasteiger partial charge in [0, 0.05) is 25.0 Å². The number of rotatable bonds is 7. The van der Waals surface area contributed by atoms with Crippen LogP contribution in [0.1, 0.15) is 59.3 Å². The van der Waals surface area contributed by atoms with E-state index in [1.54, 1.807) is 4.90 Å². The SMILES string of the molecule is CC(NC(=O)N(CCCC(=O)O)C(C)C)C1CCCC1. The van der Waals surface area contributed by atoms with Gasteiger partial charge < -0.3 is 15.3 Å². The van der Waals surface area contributed by atoms with Crippen LogP contribution in [0.15, 0.2) is 0 Å². The summed E-state index contributed by atoms with van der Waals surface area (Å²) in [6, 6.07) is 0.218. The van der Waals surface area contributed by atoms with Gasteiger partial charge in [0.05, 0.1) is 0 Å². The Kier molecular flexibility index (Phi) is 6.82. The molecule has 1 aliphatic carbocycles. The average Bonchev–Trinajstić information content (AvgIpc) is 2.87. The molecule has 0 aromatic heterocycles. The maximum absolute atomic E-state index is 12.3. The number of carbonyl (C=O) groups is 2. The maximum atomic E-state index is 12.3. The highest BCUT2D eigenvalue weighted by Crippen LogP contribution is 2.27. The summed E-state index contributed by atoms with van der Waals surface area (Å²) in [6.07, 6.45) is 5.52. The molecule has 1 saturated carbocycles. The Balaban J connectivity index is 2.44. The Bertz CT molecular complexity index is 325. The summed E-state index contributed by atoms with van der Waals surface area (Å²) in [5, 5.41) is 11.8. The first-order valence-electron chi connectivity index (χ1n) is 7.70. The third kappa shape index (κ3) is 5.39. The lowest BCUT2D eigenvalue weighted by molar-refractivity contribution is -0.137. The number of nitrogens with zero attached hydrogens (tertiary/aromatic N) is 1. The van der Waals surface area contributed by atoms with Crippen LogP contribution in [0.25, 0.3) is 0 Å². The average molecular weight is 284 g/mol. The summed E-state index contributed by atoms with van der Waals surface area (Å²) in [5.74, 6) is -0.222. The number of carboxylic acids is 1. The zero-order valence-corrected chi connectivity index (χ0v) is 12.9. The first-order valence-corrected chi connectivity index (χ1v) is 7.70. The zero-order chi connectivity index (χ0) is 15.1. The third-order valence-electron chi connectivity index (χ3n) is 4.13. The minimum atomic E-state index is -0.812. The lowest BCUT2D eigenvalue weighted by Crippen LogP contribution is -2.49. The van der Waals surface area contributed by atoms with Crippen molar-refractivity contribution >= 4 is 12.0 Å². The summed E-state index contributed by atoms with van der Waals surface area (Å²) in [6.45, 7) is 6.48. The van der Waals surface area contributed by atoms with E-state index >= 15 is 0 Å². The first-order chi connectivity index (χ1) is 9.41. The van der Waals surface area contributed by atoms with Crippen molar-refractivity contribution in [2.75, 3.05) is 6.54 Å². The molecular weight excluding hydrogens is 256 g/mol. The summed E-state index contributed by atoms with van der Waals surface area (Å²) < 4.78 is 0. The van der Waals surface area contributed by atoms with Gasteiger partial charge in [0.2, 0.25) is 0 Å². The van der Waals surface area contributed by atoms with Gasteiger partial charge in [-0.3, -0.25) is 4.79 Å². The van der Waals surface area contributed by atoms with Crippen LogP contribution in [-0.4, -0.2) is 40.6 Å². The van der Waals surface area contributed by atoms with E-state index in [0.717, 1.165) is 0 Å². The number of hydrogen-bond donors (Lipinski definition) is 2. The standard InChI is InChI=1S/C15H28N2O3/c1-11(2)17(10-6-9-14(18)19)15(20)16-12(3)13-7-4-5-8-13/h11-13H,4-10H2,1-3H3,(H,16,20)(H,18,19). The van der Waals surface area contributed by atoms with Gasteiger partial charge in [-0.25, -0.2) is 4.79 Å². The summed E-state index contributed by atoms with van der Waals surface area (Å²) in [5.41, 5.74) is 0. The van der Waals surface area contributed by atoms with Crippen molar-refractivity contribution in [3.8, 4) is 0 Å². The van der Waals surface area contributed by atoms with E-state index in [1.165, 1.54) is 25.7 Å². The van der Waals surface area contributed by atoms with Gasteiger partial charge in [0.1, 0.15) is 0 Å². The van der Waals surface area contributed by atoms with Gasteiger partial charge in [0.25, 0.3) is 0 Å². The number of carbonyl (C=O) groups excluding carboxylic acids is 1. The fraction of sp³-hybridized carbons (Fsp3) is 0.867. The van der Waals surface area contributed by atoms with Gasteiger partial charge in [-0.2, -0.15) is 0 Å². The van der Waals surface area contributed by atoms with Crippen molar-refractivity contribution in [3.05, 3.63) is 0 Å². The van der Waals surface area contributed by atoms with Gasteiger partial charge >= 0.3 is 12.0 Å². The molecular formula is C15H28N2O3. The highest BCUT2D eigenvalue weighted by molar-refractivity contribution is 5.75. The Morgan fingerprint density at radius 2 is 1.85 bits per heavy atom. The van der Waals surface area contributed by atoms with E-state index in [2.05, 4.69) is 12.2 Å². The number of aliphatic carboxylic acids is 1. The molecule has 20 heavy (non-hydrogen) atoms. The predicted octanol–water partition coefficient (Wildman–Crippen LogP) is 2.85. The topological polar surface area (TPSA) is 69.6 Å². The molecule has 0 heterocycles.